The standard InChI is InChI=1S/C5H5N5O.C5H4N4O/c6-5-9-3-2(4(11)10-5)7-1-8-3;10-5-3-4(7-1-6-3)8-2-9-5/h1H,(H4,6,7,8,9,10,11);1-2H,(H2,6,7,8,9,10). The molecule has 21 heavy (non-hydrogen) atoms. The fourth-order valence-electron chi connectivity index (χ4n) is 1.64. The zero-order chi connectivity index (χ0) is 14.8. The number of rotatable bonds is 0. The summed E-state index contributed by atoms with van der Waals surface area (Å²) in [6.07, 6.45) is 4.16. The van der Waals surface area contributed by atoms with Gasteiger partial charge in [-0.05, 0) is 0 Å². The van der Waals surface area contributed by atoms with Crippen molar-refractivity contribution in [1.29, 1.82) is 0 Å². The number of nitrogens with two attached hydrogens (primary N) is 1. The molecule has 0 atom stereocenters. The second-order valence-electron chi connectivity index (χ2n) is 3.89. The summed E-state index contributed by atoms with van der Waals surface area (Å²) in [5.41, 5.74) is 6.32. The van der Waals surface area contributed by atoms with Crippen molar-refractivity contribution >= 4 is 28.3 Å². The fraction of sp³-hybridized carbons (Fsp3) is 0. The lowest BCUT2D eigenvalue weighted by Gasteiger charge is -1.89. The average molecular weight is 287 g/mol. The summed E-state index contributed by atoms with van der Waals surface area (Å²) >= 11 is 0. The first-order valence-corrected chi connectivity index (χ1v) is 5.71. The summed E-state index contributed by atoms with van der Waals surface area (Å²) < 4.78 is 0. The lowest BCUT2D eigenvalue weighted by Crippen LogP contribution is -2.10. The van der Waals surface area contributed by atoms with Crippen molar-refractivity contribution in [3.63, 3.8) is 0 Å². The van der Waals surface area contributed by atoms with Crippen LogP contribution in [0.15, 0.2) is 28.6 Å². The van der Waals surface area contributed by atoms with Crippen LogP contribution >= 0.6 is 0 Å². The topological polar surface area (TPSA) is 175 Å². The Morgan fingerprint density at radius 3 is 2.05 bits per heavy atom. The molecule has 6 N–H and O–H groups in total. The van der Waals surface area contributed by atoms with Crippen molar-refractivity contribution in [3.8, 4) is 0 Å². The maximum Gasteiger partial charge on any atom is 0.278 e. The molecule has 0 unspecified atom stereocenters. The van der Waals surface area contributed by atoms with Gasteiger partial charge in [-0.2, -0.15) is 4.98 Å². The molecule has 4 aromatic rings. The van der Waals surface area contributed by atoms with Crippen molar-refractivity contribution in [2.24, 2.45) is 0 Å². The SMILES string of the molecule is Nc1nc2nc[nH]c2c(=O)[nH]1.O=c1[nH]cnc2nc[nH]c12. The Labute approximate surface area is 114 Å². The number of nitrogens with one attached hydrogen (secondary N) is 4. The van der Waals surface area contributed by atoms with Crippen LogP contribution in [0, 0.1) is 0 Å². The minimum Gasteiger partial charge on any atom is -0.369 e. The van der Waals surface area contributed by atoms with Crippen LogP contribution < -0.4 is 16.9 Å². The first kappa shape index (κ1) is 12.5. The highest BCUT2D eigenvalue weighted by atomic mass is 16.1. The Balaban J connectivity index is 0.000000126. The Kier molecular flexibility index (Phi) is 2.91. The predicted octanol–water partition coefficient (Wildman–Crippen LogP) is -1.13. The van der Waals surface area contributed by atoms with E-state index in [1.807, 2.05) is 0 Å². The number of aromatic amines is 4. The molecule has 0 spiro atoms. The summed E-state index contributed by atoms with van der Waals surface area (Å²) in [4.78, 5) is 47.1. The van der Waals surface area contributed by atoms with Gasteiger partial charge < -0.3 is 20.7 Å². The largest absolute Gasteiger partial charge is 0.369 e. The van der Waals surface area contributed by atoms with Crippen molar-refractivity contribution in [3.05, 3.63) is 39.7 Å². The molecule has 0 saturated carbocycles. The van der Waals surface area contributed by atoms with Crippen molar-refractivity contribution in [2.75, 3.05) is 5.73 Å². The molecule has 0 aliphatic heterocycles. The molecule has 4 heterocycles. The van der Waals surface area contributed by atoms with E-state index in [4.69, 9.17) is 5.73 Å². The van der Waals surface area contributed by atoms with Gasteiger partial charge in [0, 0.05) is 0 Å². The lowest BCUT2D eigenvalue weighted by atomic mass is 10.5. The highest BCUT2D eigenvalue weighted by molar-refractivity contribution is 5.69. The highest BCUT2D eigenvalue weighted by Gasteiger charge is 2.01. The summed E-state index contributed by atoms with van der Waals surface area (Å²) in [6, 6.07) is 0. The van der Waals surface area contributed by atoms with Gasteiger partial charge >= 0.3 is 0 Å². The Hall–Kier alpha value is -3.50. The van der Waals surface area contributed by atoms with E-state index in [1.54, 1.807) is 0 Å². The summed E-state index contributed by atoms with van der Waals surface area (Å²) in [7, 11) is 0. The molecule has 4 rings (SSSR count). The number of hydrogen-bond donors (Lipinski definition) is 5. The zero-order valence-electron chi connectivity index (χ0n) is 10.4. The summed E-state index contributed by atoms with van der Waals surface area (Å²) in [5.74, 6) is 0.0783. The third-order valence-corrected chi connectivity index (χ3v) is 2.54. The van der Waals surface area contributed by atoms with Gasteiger partial charge in [0.15, 0.2) is 22.3 Å². The average Bonchev–Trinajstić information content (AvgIpc) is 3.08. The molecule has 11 heteroatoms. The van der Waals surface area contributed by atoms with E-state index >= 15 is 0 Å². The molecule has 11 nitrogen and oxygen atoms in total. The van der Waals surface area contributed by atoms with E-state index in [2.05, 4.69) is 39.9 Å². The van der Waals surface area contributed by atoms with Gasteiger partial charge in [-0.25, -0.2) is 15.0 Å². The Bertz CT molecular complexity index is 1010. The monoisotopic (exact) mass is 287 g/mol. The number of fused-ring (bicyclic) bond motifs is 2. The molecule has 0 radical (unpaired) electrons. The fourth-order valence-corrected chi connectivity index (χ4v) is 1.64. The van der Waals surface area contributed by atoms with Crippen LogP contribution in [0.4, 0.5) is 5.95 Å². The van der Waals surface area contributed by atoms with Gasteiger partial charge in [-0.3, -0.25) is 14.6 Å². The van der Waals surface area contributed by atoms with Crippen molar-refractivity contribution in [1.82, 2.24) is 39.9 Å². The Morgan fingerprint density at radius 1 is 0.810 bits per heavy atom. The molecule has 106 valence electrons. The van der Waals surface area contributed by atoms with Gasteiger partial charge in [-0.1, -0.05) is 0 Å². The zero-order valence-corrected chi connectivity index (χ0v) is 10.4. The van der Waals surface area contributed by atoms with E-state index in [9.17, 15) is 9.59 Å². The molecule has 0 amide bonds. The van der Waals surface area contributed by atoms with Crippen LogP contribution in [0.25, 0.3) is 22.3 Å². The molecular formula is C10H9N9O2. The van der Waals surface area contributed by atoms with E-state index < -0.39 is 0 Å². The van der Waals surface area contributed by atoms with Gasteiger partial charge in [0.25, 0.3) is 11.1 Å². The van der Waals surface area contributed by atoms with Crippen LogP contribution in [0.2, 0.25) is 0 Å². The quantitative estimate of drug-likeness (QED) is 0.272. The molecule has 0 saturated heterocycles. The van der Waals surface area contributed by atoms with Gasteiger partial charge in [-0.15, -0.1) is 0 Å². The highest BCUT2D eigenvalue weighted by Crippen LogP contribution is 1.98. The molecule has 4 aromatic heterocycles. The third-order valence-electron chi connectivity index (χ3n) is 2.54. The molecular weight excluding hydrogens is 278 g/mol. The second kappa shape index (κ2) is 4.88. The number of hydrogen-bond acceptors (Lipinski definition) is 7. The van der Waals surface area contributed by atoms with E-state index in [-0.39, 0.29) is 17.1 Å². The van der Waals surface area contributed by atoms with Crippen molar-refractivity contribution < 1.29 is 0 Å². The van der Waals surface area contributed by atoms with Crippen LogP contribution in [-0.4, -0.2) is 39.9 Å². The van der Waals surface area contributed by atoms with Gasteiger partial charge in [0.1, 0.15) is 0 Å². The number of nitrogens with zero attached hydrogens (tertiary/aromatic N) is 4. The normalized spacial score (nSPS) is 10.5. The summed E-state index contributed by atoms with van der Waals surface area (Å²) in [6.45, 7) is 0. The molecule has 0 fully saturated rings. The van der Waals surface area contributed by atoms with Crippen LogP contribution in [0.3, 0.4) is 0 Å². The predicted molar refractivity (Wildman–Crippen MR) is 73.4 cm³/mol. The van der Waals surface area contributed by atoms with Crippen LogP contribution in [0.5, 0.6) is 0 Å². The minimum atomic E-state index is -0.301. The number of anilines is 1. The first-order chi connectivity index (χ1) is 10.1. The molecule has 0 bridgehead atoms. The van der Waals surface area contributed by atoms with Gasteiger partial charge in [0.05, 0.1) is 19.0 Å². The van der Waals surface area contributed by atoms with E-state index in [1.165, 1.54) is 19.0 Å². The lowest BCUT2D eigenvalue weighted by molar-refractivity contribution is 1.15. The second-order valence-corrected chi connectivity index (χ2v) is 3.89. The Morgan fingerprint density at radius 2 is 1.38 bits per heavy atom. The van der Waals surface area contributed by atoms with Gasteiger partial charge in [0.2, 0.25) is 5.95 Å². The third kappa shape index (κ3) is 2.34. The van der Waals surface area contributed by atoms with Crippen LogP contribution in [0.1, 0.15) is 0 Å². The number of aromatic nitrogens is 8. The minimum absolute atomic E-state index is 0.0783. The van der Waals surface area contributed by atoms with E-state index in [0.717, 1.165) is 0 Å². The smallest absolute Gasteiger partial charge is 0.278 e. The molecule has 0 aromatic carbocycles. The molecule has 0 aliphatic rings. The number of nitrogen functional groups attached to an aromatic ring is 1. The van der Waals surface area contributed by atoms with Crippen molar-refractivity contribution in [2.45, 2.75) is 0 Å². The number of imidazole rings is 2. The van der Waals surface area contributed by atoms with Crippen LogP contribution in [-0.2, 0) is 0 Å². The number of H-pyrrole nitrogens is 4. The maximum atomic E-state index is 11.0. The summed E-state index contributed by atoms with van der Waals surface area (Å²) in [5, 5.41) is 0. The maximum absolute atomic E-state index is 11.0. The first-order valence-electron chi connectivity index (χ1n) is 5.71. The molecule has 0 aliphatic carbocycles. The van der Waals surface area contributed by atoms with E-state index in [0.29, 0.717) is 22.3 Å².